The molecule has 25 heavy (non-hydrogen) atoms. The van der Waals surface area contributed by atoms with Crippen LogP contribution in [0.3, 0.4) is 0 Å². The maximum absolute atomic E-state index is 5.43. The molecule has 4 rings (SSSR count). The fourth-order valence-electron chi connectivity index (χ4n) is 3.68. The van der Waals surface area contributed by atoms with E-state index in [0.29, 0.717) is 6.79 Å². The van der Waals surface area contributed by atoms with E-state index < -0.39 is 0 Å². The minimum atomic E-state index is 0.326. The number of nitrogens with one attached hydrogen (secondary N) is 2. The highest BCUT2D eigenvalue weighted by Gasteiger charge is 2.34. The predicted octanol–water partition coefficient (Wildman–Crippen LogP) is 1.61. The van der Waals surface area contributed by atoms with E-state index in [1.807, 2.05) is 13.1 Å². The monoisotopic (exact) mass is 344 g/mol. The molecule has 2 heterocycles. The second-order valence-corrected chi connectivity index (χ2v) is 7.20. The number of guanidine groups is 1. The van der Waals surface area contributed by atoms with Gasteiger partial charge in [0.15, 0.2) is 17.5 Å². The molecule has 1 atom stereocenters. The molecule has 2 N–H and O–H groups in total. The fourth-order valence-corrected chi connectivity index (χ4v) is 3.68. The van der Waals surface area contributed by atoms with Crippen molar-refractivity contribution in [3.05, 3.63) is 23.8 Å². The van der Waals surface area contributed by atoms with Crippen LogP contribution in [0.1, 0.15) is 24.8 Å². The molecule has 136 valence electrons. The van der Waals surface area contributed by atoms with E-state index >= 15 is 0 Å². The quantitative estimate of drug-likeness (QED) is 0.606. The second-order valence-electron chi connectivity index (χ2n) is 7.20. The van der Waals surface area contributed by atoms with Crippen molar-refractivity contribution in [2.24, 2.45) is 10.9 Å². The zero-order chi connectivity index (χ0) is 17.1. The Bertz CT molecular complexity index is 630. The molecule has 1 aliphatic carbocycles. The number of hydrogen-bond donors (Lipinski definition) is 2. The summed E-state index contributed by atoms with van der Waals surface area (Å²) in [4.78, 5) is 7.00. The normalized spacial score (nSPS) is 23.1. The molecule has 1 unspecified atom stereocenters. The number of rotatable bonds is 6. The first-order valence-electron chi connectivity index (χ1n) is 9.39. The number of ether oxygens (including phenoxy) is 2. The Balaban J connectivity index is 1.17. The van der Waals surface area contributed by atoms with E-state index in [1.165, 1.54) is 37.9 Å². The molecule has 1 saturated carbocycles. The molecule has 2 aliphatic heterocycles. The lowest BCUT2D eigenvalue weighted by Gasteiger charge is -2.17. The lowest BCUT2D eigenvalue weighted by atomic mass is 10.1. The van der Waals surface area contributed by atoms with Crippen molar-refractivity contribution in [2.75, 3.05) is 40.0 Å². The van der Waals surface area contributed by atoms with Crippen molar-refractivity contribution in [1.29, 1.82) is 0 Å². The zero-order valence-electron chi connectivity index (χ0n) is 15.0. The van der Waals surface area contributed by atoms with Gasteiger partial charge in [0.25, 0.3) is 0 Å². The fraction of sp³-hybridized carbons (Fsp3) is 0.632. The van der Waals surface area contributed by atoms with Crippen LogP contribution in [0.5, 0.6) is 11.5 Å². The molecule has 3 aliphatic rings. The predicted molar refractivity (Wildman–Crippen MR) is 98.3 cm³/mol. The van der Waals surface area contributed by atoms with Crippen molar-refractivity contribution in [2.45, 2.75) is 31.7 Å². The molecule has 2 fully saturated rings. The summed E-state index contributed by atoms with van der Waals surface area (Å²) in [6.07, 6.45) is 5.04. The number of hydrogen-bond acceptors (Lipinski definition) is 4. The first kappa shape index (κ1) is 16.5. The van der Waals surface area contributed by atoms with Gasteiger partial charge in [0.1, 0.15) is 0 Å². The molecule has 1 aromatic rings. The summed E-state index contributed by atoms with van der Waals surface area (Å²) in [7, 11) is 1.83. The average molecular weight is 344 g/mol. The maximum Gasteiger partial charge on any atom is 0.231 e. The standard InChI is InChI=1S/C19H28N4O2/c1-20-19(22-11-15-7-9-23(12-15)16-3-4-16)21-8-6-14-2-5-17-18(10-14)25-13-24-17/h2,5,10,15-16H,3-4,6-9,11-13H2,1H3,(H2,20,21,22). The van der Waals surface area contributed by atoms with Crippen LogP contribution >= 0.6 is 0 Å². The van der Waals surface area contributed by atoms with Gasteiger partial charge in [-0.05, 0) is 55.8 Å². The van der Waals surface area contributed by atoms with E-state index in [4.69, 9.17) is 9.47 Å². The molecular formula is C19H28N4O2. The summed E-state index contributed by atoms with van der Waals surface area (Å²) >= 11 is 0. The molecule has 6 heteroatoms. The van der Waals surface area contributed by atoms with Gasteiger partial charge in [-0.2, -0.15) is 0 Å². The Labute approximate surface area is 149 Å². The van der Waals surface area contributed by atoms with Crippen molar-refractivity contribution < 1.29 is 9.47 Å². The number of nitrogens with zero attached hydrogens (tertiary/aromatic N) is 2. The van der Waals surface area contributed by atoms with Crippen LogP contribution in [-0.2, 0) is 6.42 Å². The van der Waals surface area contributed by atoms with Crippen molar-refractivity contribution in [3.63, 3.8) is 0 Å². The van der Waals surface area contributed by atoms with Gasteiger partial charge in [-0.1, -0.05) is 6.07 Å². The average Bonchev–Trinajstić information content (AvgIpc) is 3.19. The van der Waals surface area contributed by atoms with Gasteiger partial charge in [-0.3, -0.25) is 4.99 Å². The van der Waals surface area contributed by atoms with E-state index in [1.54, 1.807) is 0 Å². The van der Waals surface area contributed by atoms with Gasteiger partial charge in [0.05, 0.1) is 0 Å². The van der Waals surface area contributed by atoms with Gasteiger partial charge in [0, 0.05) is 32.7 Å². The molecule has 6 nitrogen and oxygen atoms in total. The third-order valence-electron chi connectivity index (χ3n) is 5.31. The molecule has 0 bridgehead atoms. The summed E-state index contributed by atoms with van der Waals surface area (Å²) in [6.45, 7) is 4.69. The van der Waals surface area contributed by atoms with Crippen LogP contribution in [0, 0.1) is 5.92 Å². The maximum atomic E-state index is 5.43. The first-order valence-corrected chi connectivity index (χ1v) is 9.39. The van der Waals surface area contributed by atoms with Crippen LogP contribution < -0.4 is 20.1 Å². The second kappa shape index (κ2) is 7.52. The molecule has 0 aromatic heterocycles. The molecule has 0 spiro atoms. The lowest BCUT2D eigenvalue weighted by Crippen LogP contribution is -2.41. The summed E-state index contributed by atoms with van der Waals surface area (Å²) < 4.78 is 10.8. The molecule has 1 saturated heterocycles. The number of fused-ring (bicyclic) bond motifs is 1. The van der Waals surface area contributed by atoms with Crippen LogP contribution in [-0.4, -0.2) is 56.9 Å². The van der Waals surface area contributed by atoms with E-state index in [9.17, 15) is 0 Å². The molecule has 1 aromatic carbocycles. The molecule has 0 amide bonds. The van der Waals surface area contributed by atoms with Gasteiger partial charge in [-0.15, -0.1) is 0 Å². The minimum Gasteiger partial charge on any atom is -0.454 e. The third-order valence-corrected chi connectivity index (χ3v) is 5.31. The van der Waals surface area contributed by atoms with E-state index in [0.717, 1.165) is 48.9 Å². The first-order chi connectivity index (χ1) is 12.3. The Morgan fingerprint density at radius 3 is 2.92 bits per heavy atom. The Hall–Kier alpha value is -1.95. The van der Waals surface area contributed by atoms with Gasteiger partial charge < -0.3 is 25.0 Å². The summed E-state index contributed by atoms with van der Waals surface area (Å²) in [5, 5.41) is 6.90. The number of benzene rings is 1. The Morgan fingerprint density at radius 1 is 1.20 bits per heavy atom. The molecular weight excluding hydrogens is 316 g/mol. The molecule has 0 radical (unpaired) electrons. The van der Waals surface area contributed by atoms with Gasteiger partial charge in [-0.25, -0.2) is 0 Å². The summed E-state index contributed by atoms with van der Waals surface area (Å²) in [6, 6.07) is 7.03. The third kappa shape index (κ3) is 4.18. The van der Waals surface area contributed by atoms with Crippen LogP contribution in [0.4, 0.5) is 0 Å². The van der Waals surface area contributed by atoms with Crippen molar-refractivity contribution >= 4 is 5.96 Å². The highest BCUT2D eigenvalue weighted by molar-refractivity contribution is 5.79. The highest BCUT2D eigenvalue weighted by Crippen LogP contribution is 2.32. The minimum absolute atomic E-state index is 0.326. The highest BCUT2D eigenvalue weighted by atomic mass is 16.7. The lowest BCUT2D eigenvalue weighted by molar-refractivity contribution is 0.174. The summed E-state index contributed by atoms with van der Waals surface area (Å²) in [5.41, 5.74) is 1.24. The number of likely N-dealkylation sites (tertiary alicyclic amines) is 1. The van der Waals surface area contributed by atoms with E-state index in [-0.39, 0.29) is 0 Å². The van der Waals surface area contributed by atoms with E-state index in [2.05, 4.69) is 32.7 Å². The van der Waals surface area contributed by atoms with Gasteiger partial charge in [0.2, 0.25) is 6.79 Å². The largest absolute Gasteiger partial charge is 0.454 e. The smallest absolute Gasteiger partial charge is 0.231 e. The Morgan fingerprint density at radius 2 is 2.08 bits per heavy atom. The van der Waals surface area contributed by atoms with Crippen LogP contribution in [0.25, 0.3) is 0 Å². The topological polar surface area (TPSA) is 58.1 Å². The van der Waals surface area contributed by atoms with Crippen molar-refractivity contribution in [1.82, 2.24) is 15.5 Å². The zero-order valence-corrected chi connectivity index (χ0v) is 15.0. The summed E-state index contributed by atoms with van der Waals surface area (Å²) in [5.74, 6) is 3.33. The van der Waals surface area contributed by atoms with Crippen LogP contribution in [0.2, 0.25) is 0 Å². The number of aliphatic imine (C=N–C) groups is 1. The van der Waals surface area contributed by atoms with Crippen LogP contribution in [0.15, 0.2) is 23.2 Å². The van der Waals surface area contributed by atoms with Gasteiger partial charge >= 0.3 is 0 Å². The Kier molecular flexibility index (Phi) is 4.97. The van der Waals surface area contributed by atoms with Crippen molar-refractivity contribution in [3.8, 4) is 11.5 Å². The SMILES string of the molecule is CN=C(NCCc1ccc2c(c1)OCO2)NCC1CCN(C2CC2)C1.